The third kappa shape index (κ3) is 6.30. The molecular formula is C56H37N7. The molecule has 0 saturated heterocycles. The van der Waals surface area contributed by atoms with Crippen LogP contribution in [0, 0.1) is 0 Å². The van der Waals surface area contributed by atoms with Crippen LogP contribution in [0.5, 0.6) is 0 Å². The lowest BCUT2D eigenvalue weighted by Crippen LogP contribution is -2.09. The Hall–Kier alpha value is -8.68. The van der Waals surface area contributed by atoms with Gasteiger partial charge in [-0.2, -0.15) is 0 Å². The minimum atomic E-state index is 0.645. The lowest BCUT2D eigenvalue weighted by molar-refractivity contribution is 1.14. The zero-order valence-corrected chi connectivity index (χ0v) is 34.0. The van der Waals surface area contributed by atoms with Gasteiger partial charge in [-0.3, -0.25) is 0 Å². The molecule has 12 rings (SSSR count). The molecule has 0 amide bonds. The Kier molecular flexibility index (Phi) is 8.67. The lowest BCUT2D eigenvalue weighted by atomic mass is 10.0. The minimum Gasteiger partial charge on any atom is -0.311 e. The van der Waals surface area contributed by atoms with Gasteiger partial charge in [-0.25, -0.2) is 19.9 Å². The quantitative estimate of drug-likeness (QED) is 0.153. The summed E-state index contributed by atoms with van der Waals surface area (Å²) >= 11 is 0. The monoisotopic (exact) mass is 807 g/mol. The Labute approximate surface area is 363 Å². The van der Waals surface area contributed by atoms with Crippen molar-refractivity contribution in [2.24, 2.45) is 0 Å². The summed E-state index contributed by atoms with van der Waals surface area (Å²) < 4.78 is 4.71. The standard InChI is InChI=1S/C56H37N7/c1-3-13-42(14-4-1)61(43-15-5-2-6-16-43)44-23-25-45(26-24-44)62-51-19-9-7-17-47(51)49-36-38(21-27-53(49)62)39-22-28-54-50(37-39)48-18-8-10-20-52(48)63(54)46-34-40(55-57-29-11-30-58-55)33-41(35-46)56-59-31-12-32-60-56/h1-37H. The maximum Gasteiger partial charge on any atom is 0.159 e. The first-order valence-corrected chi connectivity index (χ1v) is 21.0. The number of anilines is 3. The van der Waals surface area contributed by atoms with Gasteiger partial charge in [0.1, 0.15) is 0 Å². The van der Waals surface area contributed by atoms with Gasteiger partial charge in [0.2, 0.25) is 0 Å². The topological polar surface area (TPSA) is 64.7 Å². The SMILES string of the molecule is c1ccc(N(c2ccccc2)c2ccc(-n3c4ccccc4c4cc(-c5ccc6c(c5)c5ccccc5n6-c5cc(-c6ncccn6)cc(-c6ncccn6)c5)ccc43)cc2)cc1. The molecule has 7 heteroatoms. The van der Waals surface area contributed by atoms with Gasteiger partial charge in [0.05, 0.1) is 22.1 Å². The predicted molar refractivity (Wildman–Crippen MR) is 257 cm³/mol. The van der Waals surface area contributed by atoms with Crippen LogP contribution in [0.2, 0.25) is 0 Å². The second-order valence-electron chi connectivity index (χ2n) is 15.6. The first-order valence-electron chi connectivity index (χ1n) is 21.0. The average Bonchev–Trinajstić information content (AvgIpc) is 3.88. The van der Waals surface area contributed by atoms with E-state index in [1.807, 2.05) is 12.1 Å². The Morgan fingerprint density at radius 1 is 0.286 bits per heavy atom. The van der Waals surface area contributed by atoms with Crippen molar-refractivity contribution in [2.75, 3.05) is 4.90 Å². The van der Waals surface area contributed by atoms with E-state index in [2.05, 4.69) is 222 Å². The summed E-state index contributed by atoms with van der Waals surface area (Å²) in [5, 5.41) is 4.77. The summed E-state index contributed by atoms with van der Waals surface area (Å²) in [4.78, 5) is 20.7. The maximum absolute atomic E-state index is 4.60. The largest absolute Gasteiger partial charge is 0.311 e. The minimum absolute atomic E-state index is 0.645. The van der Waals surface area contributed by atoms with Gasteiger partial charge < -0.3 is 14.0 Å². The normalized spacial score (nSPS) is 11.5. The van der Waals surface area contributed by atoms with Crippen molar-refractivity contribution in [3.05, 3.63) is 225 Å². The highest BCUT2D eigenvalue weighted by molar-refractivity contribution is 6.13. The van der Waals surface area contributed by atoms with Crippen molar-refractivity contribution in [1.82, 2.24) is 29.1 Å². The van der Waals surface area contributed by atoms with E-state index in [-0.39, 0.29) is 0 Å². The number of nitrogens with zero attached hydrogens (tertiary/aromatic N) is 7. The fourth-order valence-electron chi connectivity index (χ4n) is 9.11. The summed E-state index contributed by atoms with van der Waals surface area (Å²) in [5.41, 5.74) is 14.1. The summed E-state index contributed by atoms with van der Waals surface area (Å²) in [6.45, 7) is 0. The Bertz CT molecular complexity index is 3500. The third-order valence-electron chi connectivity index (χ3n) is 11.9. The second kappa shape index (κ2) is 15.1. The van der Waals surface area contributed by atoms with Gasteiger partial charge >= 0.3 is 0 Å². The van der Waals surface area contributed by atoms with E-state index in [1.165, 1.54) is 27.1 Å². The molecule has 0 fully saturated rings. The molecule has 0 unspecified atom stereocenters. The smallest absolute Gasteiger partial charge is 0.159 e. The van der Waals surface area contributed by atoms with Crippen LogP contribution in [0.25, 0.3) is 88.9 Å². The average molecular weight is 808 g/mol. The molecule has 4 aromatic heterocycles. The summed E-state index contributed by atoms with van der Waals surface area (Å²) in [6, 6.07) is 71.1. The molecule has 0 aliphatic carbocycles. The number of rotatable bonds is 8. The van der Waals surface area contributed by atoms with E-state index in [0.717, 1.165) is 67.2 Å². The zero-order chi connectivity index (χ0) is 41.7. The molecule has 4 heterocycles. The fraction of sp³-hybridized carbons (Fsp3) is 0. The Morgan fingerprint density at radius 2 is 0.698 bits per heavy atom. The first kappa shape index (κ1) is 36.2. The van der Waals surface area contributed by atoms with Crippen molar-refractivity contribution in [3.63, 3.8) is 0 Å². The van der Waals surface area contributed by atoms with Crippen molar-refractivity contribution >= 4 is 60.7 Å². The summed E-state index contributed by atoms with van der Waals surface area (Å²) in [5.74, 6) is 1.29. The highest BCUT2D eigenvalue weighted by Crippen LogP contribution is 2.40. The van der Waals surface area contributed by atoms with Crippen LogP contribution >= 0.6 is 0 Å². The first-order chi connectivity index (χ1) is 31.2. The van der Waals surface area contributed by atoms with Crippen LogP contribution in [0.1, 0.15) is 0 Å². The van der Waals surface area contributed by atoms with Gasteiger partial charge in [-0.15, -0.1) is 0 Å². The van der Waals surface area contributed by atoms with Gasteiger partial charge in [-0.1, -0.05) is 84.9 Å². The van der Waals surface area contributed by atoms with Gasteiger partial charge in [0, 0.05) is 85.9 Å². The van der Waals surface area contributed by atoms with Crippen LogP contribution in [-0.4, -0.2) is 29.1 Å². The molecular weight excluding hydrogens is 771 g/mol. The van der Waals surface area contributed by atoms with E-state index < -0.39 is 0 Å². The molecule has 0 atom stereocenters. The maximum atomic E-state index is 4.60. The van der Waals surface area contributed by atoms with E-state index in [1.54, 1.807) is 24.8 Å². The predicted octanol–water partition coefficient (Wildman–Crippen LogP) is 13.9. The van der Waals surface area contributed by atoms with Crippen LogP contribution < -0.4 is 4.90 Å². The van der Waals surface area contributed by atoms with Crippen LogP contribution in [0.4, 0.5) is 17.1 Å². The highest BCUT2D eigenvalue weighted by atomic mass is 15.1. The molecule has 0 spiro atoms. The number of benzene rings is 8. The molecule has 0 radical (unpaired) electrons. The van der Waals surface area contributed by atoms with Gasteiger partial charge in [0.15, 0.2) is 11.6 Å². The van der Waals surface area contributed by atoms with Crippen molar-refractivity contribution in [1.29, 1.82) is 0 Å². The second-order valence-corrected chi connectivity index (χ2v) is 15.6. The summed E-state index contributed by atoms with van der Waals surface area (Å²) in [7, 11) is 0. The molecule has 63 heavy (non-hydrogen) atoms. The Balaban J connectivity index is 0.968. The van der Waals surface area contributed by atoms with Crippen LogP contribution in [-0.2, 0) is 0 Å². The van der Waals surface area contributed by atoms with E-state index in [0.29, 0.717) is 11.6 Å². The summed E-state index contributed by atoms with van der Waals surface area (Å²) in [6.07, 6.45) is 7.09. The van der Waals surface area contributed by atoms with E-state index >= 15 is 0 Å². The van der Waals surface area contributed by atoms with Crippen molar-refractivity contribution in [2.45, 2.75) is 0 Å². The number of para-hydroxylation sites is 4. The van der Waals surface area contributed by atoms with Crippen molar-refractivity contribution in [3.8, 4) is 45.3 Å². The van der Waals surface area contributed by atoms with Crippen molar-refractivity contribution < 1.29 is 0 Å². The van der Waals surface area contributed by atoms with E-state index in [9.17, 15) is 0 Å². The molecule has 0 aliphatic rings. The van der Waals surface area contributed by atoms with Crippen LogP contribution in [0.3, 0.4) is 0 Å². The van der Waals surface area contributed by atoms with Gasteiger partial charge in [-0.05, 0) is 126 Å². The molecule has 12 aromatic rings. The molecule has 0 saturated carbocycles. The number of aromatic nitrogens is 6. The molecule has 8 aromatic carbocycles. The molecule has 0 aliphatic heterocycles. The van der Waals surface area contributed by atoms with E-state index in [4.69, 9.17) is 0 Å². The third-order valence-corrected chi connectivity index (χ3v) is 11.9. The molecule has 0 bridgehead atoms. The molecule has 296 valence electrons. The number of hydrogen-bond donors (Lipinski definition) is 0. The zero-order valence-electron chi connectivity index (χ0n) is 34.0. The lowest BCUT2D eigenvalue weighted by Gasteiger charge is -2.25. The fourth-order valence-corrected chi connectivity index (χ4v) is 9.11. The highest BCUT2D eigenvalue weighted by Gasteiger charge is 2.19. The number of hydrogen-bond acceptors (Lipinski definition) is 5. The van der Waals surface area contributed by atoms with Gasteiger partial charge in [0.25, 0.3) is 0 Å². The molecule has 0 N–H and O–H groups in total. The van der Waals surface area contributed by atoms with Crippen LogP contribution in [0.15, 0.2) is 225 Å². The number of fused-ring (bicyclic) bond motifs is 6. The Morgan fingerprint density at radius 3 is 1.19 bits per heavy atom. The molecule has 7 nitrogen and oxygen atoms in total.